The Morgan fingerprint density at radius 3 is 2.47 bits per heavy atom. The molecule has 1 aliphatic rings. The van der Waals surface area contributed by atoms with Crippen molar-refractivity contribution in [2.75, 3.05) is 31.6 Å². The number of ether oxygens (including phenoxy) is 1. The molecule has 8 heteroatoms. The Labute approximate surface area is 183 Å². The van der Waals surface area contributed by atoms with Crippen LogP contribution in [0, 0.1) is 6.92 Å². The van der Waals surface area contributed by atoms with Crippen LogP contribution in [-0.2, 0) is 27.6 Å². The molecule has 30 heavy (non-hydrogen) atoms. The molecule has 0 bridgehead atoms. The van der Waals surface area contributed by atoms with E-state index in [9.17, 15) is 13.2 Å². The summed E-state index contributed by atoms with van der Waals surface area (Å²) in [6, 6.07) is 8.51. The number of hydrogen-bond donors (Lipinski definition) is 1. The quantitative estimate of drug-likeness (QED) is 0.720. The summed E-state index contributed by atoms with van der Waals surface area (Å²) >= 11 is 6.33. The molecular formula is C22H27ClN2O4S. The van der Waals surface area contributed by atoms with Crippen molar-refractivity contribution in [1.29, 1.82) is 0 Å². The standard InChI is InChI=1S/C22H27ClN2O4S/c1-4-16-8-9-19(23)18(5-2)21(16)24-22(26)17-7-6-15(3)20(14-17)30(27,28)25-10-12-29-13-11-25/h6-9,14H,4-5,10-13H2,1-3H3,(H,24,26). The molecule has 0 atom stereocenters. The van der Waals surface area contributed by atoms with Gasteiger partial charge in [0, 0.05) is 29.4 Å². The predicted molar refractivity (Wildman–Crippen MR) is 119 cm³/mol. The lowest BCUT2D eigenvalue weighted by Gasteiger charge is -2.26. The van der Waals surface area contributed by atoms with Crippen molar-refractivity contribution in [1.82, 2.24) is 4.31 Å². The number of anilines is 1. The van der Waals surface area contributed by atoms with E-state index in [4.69, 9.17) is 16.3 Å². The average molecular weight is 451 g/mol. The fraction of sp³-hybridized carbons (Fsp3) is 0.409. The van der Waals surface area contributed by atoms with Crippen LogP contribution in [0.4, 0.5) is 5.69 Å². The van der Waals surface area contributed by atoms with E-state index in [1.165, 1.54) is 10.4 Å². The summed E-state index contributed by atoms with van der Waals surface area (Å²) in [5, 5.41) is 3.57. The highest BCUT2D eigenvalue weighted by molar-refractivity contribution is 7.89. The molecule has 0 aromatic heterocycles. The minimum atomic E-state index is -3.70. The van der Waals surface area contributed by atoms with Gasteiger partial charge >= 0.3 is 0 Å². The minimum Gasteiger partial charge on any atom is -0.379 e. The lowest BCUT2D eigenvalue weighted by Crippen LogP contribution is -2.40. The Morgan fingerprint density at radius 1 is 1.13 bits per heavy atom. The minimum absolute atomic E-state index is 0.148. The summed E-state index contributed by atoms with van der Waals surface area (Å²) in [5.74, 6) is -0.361. The molecule has 0 saturated carbocycles. The maximum Gasteiger partial charge on any atom is 0.255 e. The highest BCUT2D eigenvalue weighted by Gasteiger charge is 2.28. The van der Waals surface area contributed by atoms with Gasteiger partial charge in [0.15, 0.2) is 0 Å². The Morgan fingerprint density at radius 2 is 1.83 bits per heavy atom. The first-order valence-electron chi connectivity index (χ1n) is 10.1. The third kappa shape index (κ3) is 4.54. The van der Waals surface area contributed by atoms with Gasteiger partial charge in [0.2, 0.25) is 10.0 Å². The second kappa shape index (κ2) is 9.47. The van der Waals surface area contributed by atoms with Crippen LogP contribution in [0.3, 0.4) is 0 Å². The Kier molecular flexibility index (Phi) is 7.18. The van der Waals surface area contributed by atoms with Crippen LogP contribution in [0.25, 0.3) is 0 Å². The van der Waals surface area contributed by atoms with Crippen molar-refractivity contribution in [2.45, 2.75) is 38.5 Å². The third-order valence-corrected chi connectivity index (χ3v) is 7.75. The lowest BCUT2D eigenvalue weighted by atomic mass is 10.0. The van der Waals surface area contributed by atoms with Crippen LogP contribution in [0.15, 0.2) is 35.2 Å². The summed E-state index contributed by atoms with van der Waals surface area (Å²) in [7, 11) is -3.70. The number of carbonyl (C=O) groups is 1. The Hall–Kier alpha value is -1.93. The van der Waals surface area contributed by atoms with Gasteiger partial charge in [-0.15, -0.1) is 0 Å². The normalized spacial score (nSPS) is 15.2. The maximum absolute atomic E-state index is 13.1. The summed E-state index contributed by atoms with van der Waals surface area (Å²) < 4.78 is 32.9. The van der Waals surface area contributed by atoms with Gasteiger partial charge in [0.1, 0.15) is 0 Å². The second-order valence-corrected chi connectivity index (χ2v) is 9.53. The van der Waals surface area contributed by atoms with Crippen LogP contribution < -0.4 is 5.32 Å². The maximum atomic E-state index is 13.1. The second-order valence-electron chi connectivity index (χ2n) is 7.22. The van der Waals surface area contributed by atoms with E-state index in [0.717, 1.165) is 17.5 Å². The van der Waals surface area contributed by atoms with Crippen molar-refractivity contribution < 1.29 is 17.9 Å². The molecule has 162 valence electrons. The summed E-state index contributed by atoms with van der Waals surface area (Å²) in [4.78, 5) is 13.2. The monoisotopic (exact) mass is 450 g/mol. The molecule has 1 amide bonds. The Bertz CT molecular complexity index is 1050. The van der Waals surface area contributed by atoms with Crippen LogP contribution in [0.2, 0.25) is 5.02 Å². The van der Waals surface area contributed by atoms with Crippen LogP contribution in [-0.4, -0.2) is 44.9 Å². The number of aryl methyl sites for hydroxylation is 2. The van der Waals surface area contributed by atoms with Crippen molar-refractivity contribution in [3.63, 3.8) is 0 Å². The van der Waals surface area contributed by atoms with Gasteiger partial charge in [0.05, 0.1) is 18.1 Å². The van der Waals surface area contributed by atoms with Gasteiger partial charge in [0.25, 0.3) is 5.91 Å². The van der Waals surface area contributed by atoms with E-state index in [2.05, 4.69) is 5.32 Å². The molecule has 3 rings (SSSR count). The zero-order chi connectivity index (χ0) is 21.9. The molecule has 1 heterocycles. The summed E-state index contributed by atoms with van der Waals surface area (Å²) in [6.07, 6.45) is 1.41. The zero-order valence-electron chi connectivity index (χ0n) is 17.5. The van der Waals surface area contributed by atoms with E-state index in [0.29, 0.717) is 49.0 Å². The molecule has 0 spiro atoms. The van der Waals surface area contributed by atoms with Crippen LogP contribution in [0.5, 0.6) is 0 Å². The first-order chi connectivity index (χ1) is 14.3. The smallest absolute Gasteiger partial charge is 0.255 e. The first-order valence-corrected chi connectivity index (χ1v) is 11.9. The van der Waals surface area contributed by atoms with Crippen LogP contribution in [0.1, 0.15) is 40.9 Å². The molecular weight excluding hydrogens is 424 g/mol. The van der Waals surface area contributed by atoms with Crippen molar-refractivity contribution in [2.24, 2.45) is 0 Å². The number of amides is 1. The van der Waals surface area contributed by atoms with E-state index in [1.807, 2.05) is 26.0 Å². The van der Waals surface area contributed by atoms with Gasteiger partial charge in [-0.1, -0.05) is 37.6 Å². The fourth-order valence-corrected chi connectivity index (χ4v) is 5.55. The van der Waals surface area contributed by atoms with Gasteiger partial charge in [-0.25, -0.2) is 8.42 Å². The molecule has 6 nitrogen and oxygen atoms in total. The highest BCUT2D eigenvalue weighted by atomic mass is 35.5. The highest BCUT2D eigenvalue weighted by Crippen LogP contribution is 2.30. The van der Waals surface area contributed by atoms with Crippen molar-refractivity contribution >= 4 is 33.2 Å². The molecule has 1 N–H and O–H groups in total. The number of halogens is 1. The van der Waals surface area contributed by atoms with Crippen molar-refractivity contribution in [3.8, 4) is 0 Å². The molecule has 1 saturated heterocycles. The fourth-order valence-electron chi connectivity index (χ4n) is 3.60. The van der Waals surface area contributed by atoms with Crippen molar-refractivity contribution in [3.05, 3.63) is 57.6 Å². The largest absolute Gasteiger partial charge is 0.379 e. The predicted octanol–water partition coefficient (Wildman–Crippen LogP) is 4.05. The SMILES string of the molecule is CCc1ccc(Cl)c(CC)c1NC(=O)c1ccc(C)c(S(=O)(=O)N2CCOCC2)c1. The summed E-state index contributed by atoms with van der Waals surface area (Å²) in [6.45, 7) is 7.07. The molecule has 0 unspecified atom stereocenters. The first kappa shape index (κ1) is 22.7. The zero-order valence-corrected chi connectivity index (χ0v) is 19.1. The number of carbonyl (C=O) groups excluding carboxylic acids is 1. The van der Waals surface area contributed by atoms with E-state index in [-0.39, 0.29) is 16.4 Å². The van der Waals surface area contributed by atoms with Gasteiger partial charge in [-0.2, -0.15) is 4.31 Å². The molecule has 2 aromatic rings. The molecule has 1 aliphatic heterocycles. The number of rotatable bonds is 6. The van der Waals surface area contributed by atoms with E-state index in [1.54, 1.807) is 19.1 Å². The number of nitrogens with zero attached hydrogens (tertiary/aromatic N) is 1. The van der Waals surface area contributed by atoms with Gasteiger partial charge in [-0.3, -0.25) is 4.79 Å². The number of morpholine rings is 1. The molecule has 2 aromatic carbocycles. The third-order valence-electron chi connectivity index (χ3n) is 5.35. The van der Waals surface area contributed by atoms with Gasteiger partial charge < -0.3 is 10.1 Å². The van der Waals surface area contributed by atoms with Crippen LogP contribution >= 0.6 is 11.6 Å². The van der Waals surface area contributed by atoms with E-state index < -0.39 is 10.0 Å². The average Bonchev–Trinajstić information content (AvgIpc) is 2.75. The molecule has 1 fully saturated rings. The topological polar surface area (TPSA) is 75.7 Å². The summed E-state index contributed by atoms with van der Waals surface area (Å²) in [5.41, 5.74) is 3.45. The van der Waals surface area contributed by atoms with Gasteiger partial charge in [-0.05, 0) is 54.7 Å². The number of sulfonamides is 1. The Balaban J connectivity index is 1.96. The molecule has 0 aliphatic carbocycles. The van der Waals surface area contributed by atoms with E-state index >= 15 is 0 Å². The number of benzene rings is 2. The number of hydrogen-bond acceptors (Lipinski definition) is 4. The molecule has 0 radical (unpaired) electrons. The lowest BCUT2D eigenvalue weighted by molar-refractivity contribution is 0.0730. The number of nitrogens with one attached hydrogen (secondary N) is 1.